The van der Waals surface area contributed by atoms with Crippen LogP contribution in [0.4, 0.5) is 0 Å². The van der Waals surface area contributed by atoms with Gasteiger partial charge >= 0.3 is 0 Å². The van der Waals surface area contributed by atoms with E-state index in [0.717, 1.165) is 5.57 Å². The van der Waals surface area contributed by atoms with E-state index in [1.807, 2.05) is 47.6 Å². The summed E-state index contributed by atoms with van der Waals surface area (Å²) in [6, 6.07) is 7.06. The van der Waals surface area contributed by atoms with Crippen LogP contribution in [0.15, 0.2) is 47.1 Å². The first-order valence-electron chi connectivity index (χ1n) is 7.81. The zero-order valence-corrected chi connectivity index (χ0v) is 14.7. The van der Waals surface area contributed by atoms with Crippen molar-refractivity contribution in [1.82, 2.24) is 0 Å². The predicted octanol–water partition coefficient (Wildman–Crippen LogP) is 5.40. The fraction of sp³-hybridized carbons (Fsp3) is 0.400. The summed E-state index contributed by atoms with van der Waals surface area (Å²) in [5, 5.41) is 0. The van der Waals surface area contributed by atoms with E-state index in [9.17, 15) is 9.59 Å². The van der Waals surface area contributed by atoms with Crippen molar-refractivity contribution in [3.05, 3.63) is 58.2 Å². The van der Waals surface area contributed by atoms with Gasteiger partial charge in [-0.2, -0.15) is 0 Å². The van der Waals surface area contributed by atoms with Crippen molar-refractivity contribution in [1.29, 1.82) is 0 Å². The lowest BCUT2D eigenvalue weighted by molar-refractivity contribution is 0.0960. The average molecular weight is 298 g/mol. The summed E-state index contributed by atoms with van der Waals surface area (Å²) in [5.74, 6) is -0.0642. The van der Waals surface area contributed by atoms with Gasteiger partial charge in [0, 0.05) is 27.7 Å². The Labute approximate surface area is 133 Å². The molecule has 1 aromatic rings. The SMILES string of the molecule is CC.CC(C)=CC(C)(C)C1=C(C)C(=O)c2ccccc2C1=O. The predicted molar refractivity (Wildman–Crippen MR) is 92.4 cm³/mol. The molecule has 0 heterocycles. The Hall–Kier alpha value is -1.96. The van der Waals surface area contributed by atoms with E-state index in [1.165, 1.54) is 0 Å². The third-order valence-electron chi connectivity index (χ3n) is 3.65. The third kappa shape index (κ3) is 3.27. The summed E-state index contributed by atoms with van der Waals surface area (Å²) in [6.45, 7) is 13.7. The molecule has 0 saturated heterocycles. The topological polar surface area (TPSA) is 34.1 Å². The number of fused-ring (bicyclic) bond motifs is 1. The van der Waals surface area contributed by atoms with Crippen LogP contribution >= 0.6 is 0 Å². The largest absolute Gasteiger partial charge is 0.289 e. The second-order valence-corrected chi connectivity index (χ2v) is 6.15. The summed E-state index contributed by atoms with van der Waals surface area (Å²) in [7, 11) is 0. The summed E-state index contributed by atoms with van der Waals surface area (Å²) in [5.41, 5.74) is 2.91. The first-order valence-corrected chi connectivity index (χ1v) is 7.81. The van der Waals surface area contributed by atoms with Crippen LogP contribution in [0.25, 0.3) is 0 Å². The van der Waals surface area contributed by atoms with Crippen LogP contribution in [-0.4, -0.2) is 11.6 Å². The molecule has 0 aliphatic heterocycles. The molecule has 0 atom stereocenters. The number of rotatable bonds is 2. The molecule has 0 N–H and O–H groups in total. The van der Waals surface area contributed by atoms with Crippen LogP contribution in [-0.2, 0) is 0 Å². The molecular weight excluding hydrogens is 272 g/mol. The van der Waals surface area contributed by atoms with Gasteiger partial charge in [0.05, 0.1) is 0 Å². The molecule has 0 aromatic heterocycles. The van der Waals surface area contributed by atoms with Gasteiger partial charge < -0.3 is 0 Å². The average Bonchev–Trinajstić information content (AvgIpc) is 2.45. The highest BCUT2D eigenvalue weighted by atomic mass is 16.1. The fourth-order valence-corrected chi connectivity index (χ4v) is 3.07. The molecule has 1 aliphatic rings. The number of benzene rings is 1. The highest BCUT2D eigenvalue weighted by Gasteiger charge is 2.36. The van der Waals surface area contributed by atoms with Crippen molar-refractivity contribution in [3.8, 4) is 0 Å². The molecule has 2 nitrogen and oxygen atoms in total. The molecule has 0 fully saturated rings. The van der Waals surface area contributed by atoms with Gasteiger partial charge in [-0.25, -0.2) is 0 Å². The molecule has 0 bridgehead atoms. The zero-order valence-electron chi connectivity index (χ0n) is 14.7. The molecule has 2 rings (SSSR count). The Morgan fingerprint density at radius 2 is 1.41 bits per heavy atom. The minimum absolute atomic E-state index is 0.0276. The molecule has 0 amide bonds. The van der Waals surface area contributed by atoms with Crippen LogP contribution in [0.1, 0.15) is 69.2 Å². The molecule has 2 heteroatoms. The quantitative estimate of drug-likeness (QED) is 0.685. The Morgan fingerprint density at radius 3 is 1.86 bits per heavy atom. The molecule has 0 saturated carbocycles. The lowest BCUT2D eigenvalue weighted by Crippen LogP contribution is -2.29. The Kier molecular flexibility index (Phi) is 5.65. The third-order valence-corrected chi connectivity index (χ3v) is 3.65. The minimum atomic E-state index is -0.441. The van der Waals surface area contributed by atoms with Crippen molar-refractivity contribution in [2.75, 3.05) is 0 Å². The van der Waals surface area contributed by atoms with Gasteiger partial charge in [0.15, 0.2) is 11.6 Å². The monoisotopic (exact) mass is 298 g/mol. The summed E-state index contributed by atoms with van der Waals surface area (Å²) in [4.78, 5) is 25.2. The number of carbonyl (C=O) groups is 2. The van der Waals surface area contributed by atoms with E-state index in [0.29, 0.717) is 22.3 Å². The number of carbonyl (C=O) groups excluding carboxylic acids is 2. The van der Waals surface area contributed by atoms with Crippen LogP contribution in [0.3, 0.4) is 0 Å². The first kappa shape index (κ1) is 18.1. The number of ketones is 2. The minimum Gasteiger partial charge on any atom is -0.289 e. The summed E-state index contributed by atoms with van der Waals surface area (Å²) in [6.07, 6.45) is 2.05. The van der Waals surface area contributed by atoms with Crippen molar-refractivity contribution < 1.29 is 9.59 Å². The highest BCUT2D eigenvalue weighted by Crippen LogP contribution is 2.38. The van der Waals surface area contributed by atoms with Crippen molar-refractivity contribution in [3.63, 3.8) is 0 Å². The second-order valence-electron chi connectivity index (χ2n) is 6.15. The van der Waals surface area contributed by atoms with E-state index >= 15 is 0 Å². The van der Waals surface area contributed by atoms with Gasteiger partial charge in [-0.3, -0.25) is 9.59 Å². The molecule has 0 spiro atoms. The van der Waals surface area contributed by atoms with Crippen LogP contribution in [0.2, 0.25) is 0 Å². The lowest BCUT2D eigenvalue weighted by Gasteiger charge is -2.29. The Morgan fingerprint density at radius 1 is 0.955 bits per heavy atom. The van der Waals surface area contributed by atoms with E-state index < -0.39 is 5.41 Å². The van der Waals surface area contributed by atoms with Gasteiger partial charge in [-0.05, 0) is 20.8 Å². The number of allylic oxidation sites excluding steroid dienone is 4. The molecule has 0 unspecified atom stereocenters. The number of hydrogen-bond acceptors (Lipinski definition) is 2. The van der Waals surface area contributed by atoms with E-state index in [1.54, 1.807) is 31.2 Å². The van der Waals surface area contributed by atoms with Gasteiger partial charge in [0.1, 0.15) is 0 Å². The molecule has 22 heavy (non-hydrogen) atoms. The maximum Gasteiger partial charge on any atom is 0.191 e. The van der Waals surface area contributed by atoms with E-state index in [-0.39, 0.29) is 11.6 Å². The van der Waals surface area contributed by atoms with Gasteiger partial charge in [0.2, 0.25) is 0 Å². The molecule has 0 radical (unpaired) electrons. The van der Waals surface area contributed by atoms with Crippen molar-refractivity contribution in [2.45, 2.75) is 48.5 Å². The highest BCUT2D eigenvalue weighted by molar-refractivity contribution is 6.27. The van der Waals surface area contributed by atoms with Crippen LogP contribution in [0.5, 0.6) is 0 Å². The number of hydrogen-bond donors (Lipinski definition) is 0. The van der Waals surface area contributed by atoms with E-state index in [4.69, 9.17) is 0 Å². The van der Waals surface area contributed by atoms with Gasteiger partial charge in [-0.1, -0.05) is 63.6 Å². The molecular formula is C20H26O2. The molecule has 118 valence electrons. The maximum atomic E-state index is 12.8. The van der Waals surface area contributed by atoms with Gasteiger partial charge in [0.25, 0.3) is 0 Å². The van der Waals surface area contributed by atoms with Gasteiger partial charge in [-0.15, -0.1) is 0 Å². The number of Topliss-reactive ketones (excluding diaryl/α,β-unsaturated/α-hetero) is 2. The fourth-order valence-electron chi connectivity index (χ4n) is 3.07. The normalized spacial score (nSPS) is 14.1. The Bertz CT molecular complexity index is 654. The maximum absolute atomic E-state index is 12.8. The van der Waals surface area contributed by atoms with Crippen LogP contribution in [0, 0.1) is 5.41 Å². The molecule has 1 aromatic carbocycles. The lowest BCUT2D eigenvalue weighted by atomic mass is 9.72. The zero-order chi connectivity index (χ0) is 17.1. The first-order chi connectivity index (χ1) is 10.3. The Balaban J connectivity index is 0.00000116. The van der Waals surface area contributed by atoms with Crippen molar-refractivity contribution >= 4 is 11.6 Å². The second kappa shape index (κ2) is 6.87. The van der Waals surface area contributed by atoms with E-state index in [2.05, 4.69) is 0 Å². The molecule has 1 aliphatic carbocycles. The standard InChI is InChI=1S/C18H20O2.C2H6/c1-11(2)10-18(4,5)15-12(3)16(19)13-8-6-7-9-14(13)17(15)20;1-2/h6-10H,1-5H3;1-2H3. The van der Waals surface area contributed by atoms with Crippen molar-refractivity contribution in [2.24, 2.45) is 5.41 Å². The summed E-state index contributed by atoms with van der Waals surface area (Å²) < 4.78 is 0. The smallest absolute Gasteiger partial charge is 0.191 e. The van der Waals surface area contributed by atoms with Crippen LogP contribution < -0.4 is 0 Å². The summed E-state index contributed by atoms with van der Waals surface area (Å²) >= 11 is 0.